The van der Waals surface area contributed by atoms with Gasteiger partial charge < -0.3 is 10.2 Å². The summed E-state index contributed by atoms with van der Waals surface area (Å²) in [6.07, 6.45) is 0. The molecule has 6 heteroatoms. The van der Waals surface area contributed by atoms with E-state index < -0.39 is 0 Å². The molecule has 0 bridgehead atoms. The molecule has 0 heterocycles. The van der Waals surface area contributed by atoms with E-state index in [0.717, 1.165) is 0 Å². The number of benzene rings is 1. The van der Waals surface area contributed by atoms with Crippen molar-refractivity contribution in [1.29, 1.82) is 0 Å². The Labute approximate surface area is 102 Å². The molecule has 0 spiro atoms. The first kappa shape index (κ1) is 13.1. The number of hydrogen-bond donors (Lipinski definition) is 2. The third-order valence-electron chi connectivity index (χ3n) is 1.89. The van der Waals surface area contributed by atoms with Gasteiger partial charge in [0.05, 0.1) is 18.7 Å². The van der Waals surface area contributed by atoms with Gasteiger partial charge in [-0.05, 0) is 18.2 Å². The van der Waals surface area contributed by atoms with Crippen molar-refractivity contribution in [2.75, 3.05) is 20.3 Å². The van der Waals surface area contributed by atoms with Crippen molar-refractivity contribution in [2.45, 2.75) is 0 Å². The standard InChI is InChI=1S/C10H13BrFN3O/c1-16-5-4-14-10(15-13)8-3-2-7(11)6-9(8)12/h2-3,6H,4-5,13H2,1H3,(H,14,15). The third kappa shape index (κ3) is 3.55. The first-order valence-corrected chi connectivity index (χ1v) is 5.43. The first-order chi connectivity index (χ1) is 7.69. The van der Waals surface area contributed by atoms with Gasteiger partial charge in [-0.25, -0.2) is 10.2 Å². The van der Waals surface area contributed by atoms with Gasteiger partial charge in [-0.3, -0.25) is 4.99 Å². The summed E-state index contributed by atoms with van der Waals surface area (Å²) in [6, 6.07) is 4.69. The molecule has 0 amide bonds. The van der Waals surface area contributed by atoms with Gasteiger partial charge in [0.25, 0.3) is 0 Å². The van der Waals surface area contributed by atoms with Crippen LogP contribution in [0.5, 0.6) is 0 Å². The summed E-state index contributed by atoms with van der Waals surface area (Å²) in [6.45, 7) is 0.884. The number of halogens is 2. The van der Waals surface area contributed by atoms with E-state index >= 15 is 0 Å². The maximum absolute atomic E-state index is 13.6. The van der Waals surface area contributed by atoms with E-state index in [4.69, 9.17) is 10.6 Å². The van der Waals surface area contributed by atoms with E-state index in [-0.39, 0.29) is 5.82 Å². The molecule has 1 rings (SSSR count). The first-order valence-electron chi connectivity index (χ1n) is 4.64. The van der Waals surface area contributed by atoms with E-state index in [1.54, 1.807) is 19.2 Å². The molecule has 0 fully saturated rings. The lowest BCUT2D eigenvalue weighted by atomic mass is 10.2. The normalized spacial score (nSPS) is 11.6. The van der Waals surface area contributed by atoms with E-state index in [1.165, 1.54) is 6.07 Å². The van der Waals surface area contributed by atoms with Gasteiger partial charge in [-0.15, -0.1) is 0 Å². The highest BCUT2D eigenvalue weighted by atomic mass is 79.9. The maximum atomic E-state index is 13.6. The highest BCUT2D eigenvalue weighted by molar-refractivity contribution is 9.10. The summed E-state index contributed by atoms with van der Waals surface area (Å²) in [5, 5.41) is 0. The van der Waals surface area contributed by atoms with E-state index in [0.29, 0.717) is 29.0 Å². The summed E-state index contributed by atoms with van der Waals surface area (Å²) >= 11 is 3.18. The lowest BCUT2D eigenvalue weighted by Gasteiger charge is -2.07. The molecule has 0 aromatic heterocycles. The smallest absolute Gasteiger partial charge is 0.145 e. The Morgan fingerprint density at radius 3 is 2.94 bits per heavy atom. The SMILES string of the molecule is COCCN=C(NN)c1ccc(Br)cc1F. The van der Waals surface area contributed by atoms with Crippen molar-refractivity contribution >= 4 is 21.8 Å². The van der Waals surface area contributed by atoms with E-state index in [9.17, 15) is 4.39 Å². The molecule has 0 aliphatic heterocycles. The minimum absolute atomic E-state index is 0.307. The van der Waals surface area contributed by atoms with Crippen molar-refractivity contribution in [1.82, 2.24) is 5.43 Å². The maximum Gasteiger partial charge on any atom is 0.145 e. The van der Waals surface area contributed by atoms with Crippen LogP contribution in [0.4, 0.5) is 4.39 Å². The number of rotatable bonds is 4. The molecule has 0 saturated heterocycles. The van der Waals surface area contributed by atoms with Crippen LogP contribution in [0.2, 0.25) is 0 Å². The minimum atomic E-state index is -0.386. The van der Waals surface area contributed by atoms with Crippen LogP contribution in [0, 0.1) is 5.82 Å². The number of methoxy groups -OCH3 is 1. The van der Waals surface area contributed by atoms with E-state index in [1.807, 2.05) is 0 Å². The molecule has 0 atom stereocenters. The largest absolute Gasteiger partial charge is 0.383 e. The van der Waals surface area contributed by atoms with Crippen molar-refractivity contribution in [3.05, 3.63) is 34.1 Å². The van der Waals surface area contributed by atoms with Gasteiger partial charge in [0, 0.05) is 11.6 Å². The zero-order chi connectivity index (χ0) is 12.0. The highest BCUT2D eigenvalue weighted by Crippen LogP contribution is 2.15. The fraction of sp³-hybridized carbons (Fsp3) is 0.300. The number of amidine groups is 1. The van der Waals surface area contributed by atoms with Crippen LogP contribution < -0.4 is 11.3 Å². The minimum Gasteiger partial charge on any atom is -0.383 e. The van der Waals surface area contributed by atoms with Crippen LogP contribution in [0.1, 0.15) is 5.56 Å². The number of ether oxygens (including phenoxy) is 1. The van der Waals surface area contributed by atoms with Crippen molar-refractivity contribution in [3.63, 3.8) is 0 Å². The zero-order valence-electron chi connectivity index (χ0n) is 8.84. The van der Waals surface area contributed by atoms with Gasteiger partial charge in [0.2, 0.25) is 0 Å². The Hall–Kier alpha value is -0.980. The molecule has 16 heavy (non-hydrogen) atoms. The Kier molecular flexibility index (Phi) is 5.37. The summed E-state index contributed by atoms with van der Waals surface area (Å²) in [4.78, 5) is 4.09. The van der Waals surface area contributed by atoms with Gasteiger partial charge in [0.15, 0.2) is 0 Å². The number of nitrogens with two attached hydrogens (primary N) is 1. The predicted octanol–water partition coefficient (Wildman–Crippen LogP) is 1.44. The highest BCUT2D eigenvalue weighted by Gasteiger charge is 2.08. The molecule has 1 aromatic carbocycles. The summed E-state index contributed by atoms with van der Waals surface area (Å²) < 4.78 is 19.1. The molecule has 88 valence electrons. The average molecular weight is 290 g/mol. The summed E-state index contributed by atoms with van der Waals surface area (Å²) in [5.74, 6) is 5.22. The number of hydrazine groups is 1. The van der Waals surface area contributed by atoms with Gasteiger partial charge in [0.1, 0.15) is 11.7 Å². The second-order valence-corrected chi connectivity index (χ2v) is 3.91. The van der Waals surface area contributed by atoms with Crippen molar-refractivity contribution in [3.8, 4) is 0 Å². The van der Waals surface area contributed by atoms with Crippen LogP contribution in [0.25, 0.3) is 0 Å². The number of nitrogens with zero attached hydrogens (tertiary/aromatic N) is 1. The monoisotopic (exact) mass is 289 g/mol. The Bertz CT molecular complexity index is 384. The Morgan fingerprint density at radius 2 is 2.38 bits per heavy atom. The number of nitrogens with one attached hydrogen (secondary N) is 1. The molecule has 0 aliphatic carbocycles. The van der Waals surface area contributed by atoms with Crippen molar-refractivity contribution < 1.29 is 9.13 Å². The van der Waals surface area contributed by atoms with Gasteiger partial charge in [-0.1, -0.05) is 15.9 Å². The zero-order valence-corrected chi connectivity index (χ0v) is 10.4. The van der Waals surface area contributed by atoms with E-state index in [2.05, 4.69) is 26.3 Å². The molecule has 1 aromatic rings. The summed E-state index contributed by atoms with van der Waals surface area (Å²) in [7, 11) is 1.57. The van der Waals surface area contributed by atoms with Gasteiger partial charge in [-0.2, -0.15) is 0 Å². The molecule has 3 N–H and O–H groups in total. The molecule has 0 saturated carbocycles. The van der Waals surface area contributed by atoms with Crippen molar-refractivity contribution in [2.24, 2.45) is 10.8 Å². The molecule has 4 nitrogen and oxygen atoms in total. The lowest BCUT2D eigenvalue weighted by Crippen LogP contribution is -2.32. The molecular formula is C10H13BrFN3O. The quantitative estimate of drug-likeness (QED) is 0.290. The Balaban J connectivity index is 2.90. The molecular weight excluding hydrogens is 277 g/mol. The second kappa shape index (κ2) is 6.57. The Morgan fingerprint density at radius 1 is 1.62 bits per heavy atom. The molecule has 0 aliphatic rings. The third-order valence-corrected chi connectivity index (χ3v) is 2.38. The lowest BCUT2D eigenvalue weighted by molar-refractivity contribution is 0.208. The van der Waals surface area contributed by atoms with Crippen LogP contribution in [-0.4, -0.2) is 26.1 Å². The molecule has 0 radical (unpaired) electrons. The molecule has 0 unspecified atom stereocenters. The van der Waals surface area contributed by atoms with Crippen LogP contribution >= 0.6 is 15.9 Å². The topological polar surface area (TPSA) is 59.6 Å². The van der Waals surface area contributed by atoms with Crippen LogP contribution in [0.3, 0.4) is 0 Å². The number of aliphatic imine (C=N–C) groups is 1. The average Bonchev–Trinajstić information content (AvgIpc) is 2.26. The van der Waals surface area contributed by atoms with Crippen LogP contribution in [0.15, 0.2) is 27.7 Å². The van der Waals surface area contributed by atoms with Crippen LogP contribution in [-0.2, 0) is 4.74 Å². The predicted molar refractivity (Wildman–Crippen MR) is 64.7 cm³/mol. The second-order valence-electron chi connectivity index (χ2n) is 2.99. The fourth-order valence-electron chi connectivity index (χ4n) is 1.14. The summed E-state index contributed by atoms with van der Waals surface area (Å²) in [5.41, 5.74) is 2.71. The van der Waals surface area contributed by atoms with Gasteiger partial charge >= 0.3 is 0 Å². The fourth-order valence-corrected chi connectivity index (χ4v) is 1.47. The number of hydrogen-bond acceptors (Lipinski definition) is 3.